The molecule has 1 unspecified atom stereocenters. The summed E-state index contributed by atoms with van der Waals surface area (Å²) in [6.45, 7) is 2.78. The van der Waals surface area contributed by atoms with E-state index in [1.165, 1.54) is 6.20 Å². The Bertz CT molecular complexity index is 523. The van der Waals surface area contributed by atoms with Gasteiger partial charge in [0.2, 0.25) is 17.8 Å². The number of nitrogens with one attached hydrogen (secondary N) is 3. The smallest absolute Gasteiger partial charge is 0.249 e. The van der Waals surface area contributed by atoms with Gasteiger partial charge in [0.25, 0.3) is 0 Å². The Kier molecular flexibility index (Phi) is 4.73. The van der Waals surface area contributed by atoms with E-state index in [0.717, 1.165) is 13.0 Å². The minimum atomic E-state index is -0.515. The van der Waals surface area contributed by atoms with Gasteiger partial charge in [-0.3, -0.25) is 14.9 Å². The van der Waals surface area contributed by atoms with E-state index < -0.39 is 6.04 Å². The summed E-state index contributed by atoms with van der Waals surface area (Å²) < 4.78 is 0. The second kappa shape index (κ2) is 6.51. The van der Waals surface area contributed by atoms with Crippen molar-refractivity contribution in [3.63, 3.8) is 0 Å². The SMILES string of the molecule is CCCNc1ncc(Cl)c(NC2CCC(=O)NC2=O)n1. The Balaban J connectivity index is 2.08. The van der Waals surface area contributed by atoms with E-state index >= 15 is 0 Å². The Morgan fingerprint density at radius 3 is 3.00 bits per heavy atom. The largest absolute Gasteiger partial charge is 0.357 e. The van der Waals surface area contributed by atoms with E-state index in [-0.39, 0.29) is 11.8 Å². The van der Waals surface area contributed by atoms with Crippen LogP contribution in [0.15, 0.2) is 6.20 Å². The number of aromatic nitrogens is 2. The number of anilines is 2. The van der Waals surface area contributed by atoms with E-state index in [2.05, 4.69) is 25.9 Å². The number of piperidine rings is 1. The third-order valence-electron chi connectivity index (χ3n) is 2.83. The summed E-state index contributed by atoms with van der Waals surface area (Å²) in [7, 11) is 0. The lowest BCUT2D eigenvalue weighted by Crippen LogP contribution is -2.47. The highest BCUT2D eigenvalue weighted by molar-refractivity contribution is 6.32. The van der Waals surface area contributed by atoms with Crippen molar-refractivity contribution in [2.75, 3.05) is 17.2 Å². The van der Waals surface area contributed by atoms with Crippen LogP contribution in [-0.2, 0) is 9.59 Å². The third kappa shape index (κ3) is 3.57. The topological polar surface area (TPSA) is 96.0 Å². The zero-order chi connectivity index (χ0) is 14.5. The molecular formula is C12H16ClN5O2. The van der Waals surface area contributed by atoms with Gasteiger partial charge in [-0.25, -0.2) is 4.98 Å². The molecule has 1 aliphatic rings. The van der Waals surface area contributed by atoms with Gasteiger partial charge >= 0.3 is 0 Å². The molecule has 1 saturated heterocycles. The second-order valence-corrected chi connectivity index (χ2v) is 4.87. The van der Waals surface area contributed by atoms with Gasteiger partial charge in [-0.05, 0) is 12.8 Å². The van der Waals surface area contributed by atoms with E-state index in [1.807, 2.05) is 6.92 Å². The maximum Gasteiger partial charge on any atom is 0.249 e. The highest BCUT2D eigenvalue weighted by Gasteiger charge is 2.27. The molecule has 0 aliphatic carbocycles. The van der Waals surface area contributed by atoms with Crippen LogP contribution in [0.5, 0.6) is 0 Å². The number of rotatable bonds is 5. The molecule has 0 radical (unpaired) electrons. The number of hydrogen-bond acceptors (Lipinski definition) is 6. The lowest BCUT2D eigenvalue weighted by molar-refractivity contribution is -0.133. The van der Waals surface area contributed by atoms with Crippen LogP contribution in [-0.4, -0.2) is 34.4 Å². The van der Waals surface area contributed by atoms with Gasteiger partial charge in [-0.2, -0.15) is 4.98 Å². The fourth-order valence-electron chi connectivity index (χ4n) is 1.79. The molecule has 108 valence electrons. The van der Waals surface area contributed by atoms with Crippen molar-refractivity contribution >= 4 is 35.2 Å². The number of halogens is 1. The van der Waals surface area contributed by atoms with Crippen molar-refractivity contribution < 1.29 is 9.59 Å². The monoisotopic (exact) mass is 297 g/mol. The molecule has 2 rings (SSSR count). The summed E-state index contributed by atoms with van der Waals surface area (Å²) in [4.78, 5) is 31.0. The summed E-state index contributed by atoms with van der Waals surface area (Å²) in [5.41, 5.74) is 0. The molecule has 2 amide bonds. The van der Waals surface area contributed by atoms with Crippen molar-refractivity contribution in [1.29, 1.82) is 0 Å². The summed E-state index contributed by atoms with van der Waals surface area (Å²) >= 11 is 6.01. The first-order valence-corrected chi connectivity index (χ1v) is 6.84. The molecular weight excluding hydrogens is 282 g/mol. The Hall–Kier alpha value is -1.89. The normalized spacial score (nSPS) is 18.6. The number of nitrogens with zero attached hydrogens (tertiary/aromatic N) is 2. The fourth-order valence-corrected chi connectivity index (χ4v) is 1.93. The first kappa shape index (κ1) is 14.5. The van der Waals surface area contributed by atoms with E-state index in [4.69, 9.17) is 11.6 Å². The molecule has 0 bridgehead atoms. The maximum atomic E-state index is 11.7. The third-order valence-corrected chi connectivity index (χ3v) is 3.10. The fraction of sp³-hybridized carbons (Fsp3) is 0.500. The molecule has 8 heteroatoms. The maximum absolute atomic E-state index is 11.7. The van der Waals surface area contributed by atoms with E-state index in [0.29, 0.717) is 29.6 Å². The van der Waals surface area contributed by atoms with Crippen LogP contribution in [0.3, 0.4) is 0 Å². The van der Waals surface area contributed by atoms with Crippen LogP contribution in [0.4, 0.5) is 11.8 Å². The molecule has 0 aromatic carbocycles. The van der Waals surface area contributed by atoms with Crippen LogP contribution in [0.25, 0.3) is 0 Å². The number of carbonyl (C=O) groups excluding carboxylic acids is 2. The molecule has 1 aliphatic heterocycles. The molecule has 1 fully saturated rings. The van der Waals surface area contributed by atoms with E-state index in [9.17, 15) is 9.59 Å². The predicted molar refractivity (Wildman–Crippen MR) is 75.6 cm³/mol. The average Bonchev–Trinajstić information content (AvgIpc) is 2.42. The molecule has 1 atom stereocenters. The van der Waals surface area contributed by atoms with Crippen molar-refractivity contribution in [2.45, 2.75) is 32.2 Å². The molecule has 0 spiro atoms. The molecule has 3 N–H and O–H groups in total. The zero-order valence-corrected chi connectivity index (χ0v) is 11.8. The van der Waals surface area contributed by atoms with Crippen LogP contribution in [0.1, 0.15) is 26.2 Å². The van der Waals surface area contributed by atoms with Gasteiger partial charge in [0.1, 0.15) is 11.1 Å². The Morgan fingerprint density at radius 2 is 2.30 bits per heavy atom. The van der Waals surface area contributed by atoms with Crippen LogP contribution in [0.2, 0.25) is 5.02 Å². The summed E-state index contributed by atoms with van der Waals surface area (Å²) in [5, 5.41) is 8.60. The second-order valence-electron chi connectivity index (χ2n) is 4.46. The summed E-state index contributed by atoms with van der Waals surface area (Å²) in [6.07, 6.45) is 3.14. The van der Waals surface area contributed by atoms with Gasteiger partial charge in [0.15, 0.2) is 5.82 Å². The van der Waals surface area contributed by atoms with Crippen molar-refractivity contribution in [3.05, 3.63) is 11.2 Å². The van der Waals surface area contributed by atoms with Gasteiger partial charge in [-0.1, -0.05) is 18.5 Å². The minimum Gasteiger partial charge on any atom is -0.357 e. The number of imide groups is 1. The highest BCUT2D eigenvalue weighted by atomic mass is 35.5. The molecule has 2 heterocycles. The van der Waals surface area contributed by atoms with Crippen molar-refractivity contribution in [1.82, 2.24) is 15.3 Å². The summed E-state index contributed by atoms with van der Waals surface area (Å²) in [5.74, 6) is 0.215. The van der Waals surface area contributed by atoms with Crippen LogP contribution < -0.4 is 16.0 Å². The van der Waals surface area contributed by atoms with Gasteiger partial charge in [-0.15, -0.1) is 0 Å². The Morgan fingerprint density at radius 1 is 1.50 bits per heavy atom. The Labute approximate surface area is 121 Å². The number of hydrogen-bond donors (Lipinski definition) is 3. The standard InChI is InChI=1S/C12H16ClN5O2/c1-2-5-14-12-15-6-7(13)10(18-12)16-8-3-4-9(19)17-11(8)20/h6,8H,2-5H2,1H3,(H,17,19,20)(H2,14,15,16,18). The van der Waals surface area contributed by atoms with Crippen molar-refractivity contribution in [2.24, 2.45) is 0 Å². The molecule has 7 nitrogen and oxygen atoms in total. The minimum absolute atomic E-state index is 0.257. The molecule has 1 aromatic rings. The predicted octanol–water partition coefficient (Wildman–Crippen LogP) is 1.17. The van der Waals surface area contributed by atoms with E-state index in [1.54, 1.807) is 0 Å². The van der Waals surface area contributed by atoms with Crippen molar-refractivity contribution in [3.8, 4) is 0 Å². The quantitative estimate of drug-likeness (QED) is 0.706. The van der Waals surface area contributed by atoms with Gasteiger partial charge in [0, 0.05) is 13.0 Å². The molecule has 1 aromatic heterocycles. The highest BCUT2D eigenvalue weighted by Crippen LogP contribution is 2.21. The molecule has 20 heavy (non-hydrogen) atoms. The first-order chi connectivity index (χ1) is 9.60. The van der Waals surface area contributed by atoms with Gasteiger partial charge in [0.05, 0.1) is 6.20 Å². The summed E-state index contributed by atoms with van der Waals surface area (Å²) in [6, 6.07) is -0.515. The number of carbonyl (C=O) groups is 2. The van der Waals surface area contributed by atoms with Crippen LogP contribution in [0, 0.1) is 0 Å². The lowest BCUT2D eigenvalue weighted by atomic mass is 10.1. The van der Waals surface area contributed by atoms with Crippen LogP contribution >= 0.6 is 11.6 Å². The zero-order valence-electron chi connectivity index (χ0n) is 11.1. The first-order valence-electron chi connectivity index (χ1n) is 6.46. The lowest BCUT2D eigenvalue weighted by Gasteiger charge is -2.22. The molecule has 0 saturated carbocycles. The number of amides is 2. The average molecular weight is 298 g/mol. The van der Waals surface area contributed by atoms with Gasteiger partial charge < -0.3 is 10.6 Å².